The molecule has 0 amide bonds. The SMILES string of the molecule is [C-]#[N+]c1cc(C#N)cc(COc2cc(O[C@H]3CCc4c(-c5cccc(OCCCN6CCC(O)CC6)c5C)cccc43)c(Cl)cc2CN[C@@H]2CCCC[C@@H]2O)c1. The molecule has 1 saturated carbocycles. The van der Waals surface area contributed by atoms with Crippen LogP contribution in [-0.4, -0.2) is 59.6 Å². The maximum absolute atomic E-state index is 10.6. The maximum atomic E-state index is 10.6. The lowest BCUT2D eigenvalue weighted by Gasteiger charge is -2.29. The van der Waals surface area contributed by atoms with E-state index in [0.29, 0.717) is 40.9 Å². The second-order valence-corrected chi connectivity index (χ2v) is 15.8. The van der Waals surface area contributed by atoms with Crippen LogP contribution in [0.4, 0.5) is 5.69 Å². The van der Waals surface area contributed by atoms with Crippen LogP contribution in [-0.2, 0) is 19.6 Å². The van der Waals surface area contributed by atoms with Crippen LogP contribution in [0.2, 0.25) is 5.02 Å². The summed E-state index contributed by atoms with van der Waals surface area (Å²) in [7, 11) is 0. The average Bonchev–Trinajstić information content (AvgIpc) is 3.63. The lowest BCUT2D eigenvalue weighted by atomic mass is 9.92. The number of piperidine rings is 1. The summed E-state index contributed by atoms with van der Waals surface area (Å²) in [4.78, 5) is 5.94. The predicted octanol–water partition coefficient (Wildman–Crippen LogP) is 9.00. The van der Waals surface area contributed by atoms with Crippen molar-refractivity contribution in [1.82, 2.24) is 10.2 Å². The summed E-state index contributed by atoms with van der Waals surface area (Å²) >= 11 is 6.97. The summed E-state index contributed by atoms with van der Waals surface area (Å²) in [6, 6.07) is 23.6. The Bertz CT molecular complexity index is 2050. The van der Waals surface area contributed by atoms with E-state index in [-0.39, 0.29) is 24.9 Å². The van der Waals surface area contributed by atoms with Crippen LogP contribution in [0.25, 0.3) is 16.0 Å². The molecule has 3 N–H and O–H groups in total. The van der Waals surface area contributed by atoms with Crippen LogP contribution in [0.3, 0.4) is 0 Å². The summed E-state index contributed by atoms with van der Waals surface area (Å²) in [5.74, 6) is 2.01. The first kappa shape index (κ1) is 39.6. The monoisotopic (exact) mass is 774 g/mol. The average molecular weight is 775 g/mol. The summed E-state index contributed by atoms with van der Waals surface area (Å²) in [5, 5.41) is 33.9. The van der Waals surface area contributed by atoms with Gasteiger partial charge in [0.05, 0.1) is 36.5 Å². The molecule has 4 aromatic rings. The highest BCUT2D eigenvalue weighted by Gasteiger charge is 2.29. The Morgan fingerprint density at radius 3 is 2.54 bits per heavy atom. The normalized spacial score (nSPS) is 19.9. The van der Waals surface area contributed by atoms with Gasteiger partial charge in [-0.2, -0.15) is 5.26 Å². The highest BCUT2D eigenvalue weighted by molar-refractivity contribution is 6.32. The van der Waals surface area contributed by atoms with Gasteiger partial charge < -0.3 is 34.6 Å². The highest BCUT2D eigenvalue weighted by Crippen LogP contribution is 2.44. The molecule has 2 aliphatic carbocycles. The van der Waals surface area contributed by atoms with E-state index in [1.165, 1.54) is 11.1 Å². The van der Waals surface area contributed by atoms with Gasteiger partial charge in [-0.15, -0.1) is 0 Å². The molecule has 4 aromatic carbocycles. The molecule has 1 heterocycles. The van der Waals surface area contributed by atoms with Gasteiger partial charge in [0.25, 0.3) is 0 Å². The fourth-order valence-corrected chi connectivity index (χ4v) is 8.63. The van der Waals surface area contributed by atoms with E-state index in [0.717, 1.165) is 111 Å². The Labute approximate surface area is 335 Å². The molecule has 0 radical (unpaired) electrons. The second kappa shape index (κ2) is 18.6. The number of fused-ring (bicyclic) bond motifs is 1. The first-order chi connectivity index (χ1) is 27.3. The quantitative estimate of drug-likeness (QED) is 0.0861. The molecule has 3 aliphatic rings. The summed E-state index contributed by atoms with van der Waals surface area (Å²) < 4.78 is 19.5. The summed E-state index contributed by atoms with van der Waals surface area (Å²) in [5.41, 5.74) is 8.19. The smallest absolute Gasteiger partial charge is 0.188 e. The molecular weight excluding hydrogens is 724 g/mol. The molecule has 10 heteroatoms. The Hall–Kier alpha value is -4.61. The fourth-order valence-electron chi connectivity index (χ4n) is 8.40. The highest BCUT2D eigenvalue weighted by atomic mass is 35.5. The van der Waals surface area contributed by atoms with E-state index < -0.39 is 6.10 Å². The third-order valence-corrected chi connectivity index (χ3v) is 11.8. The molecule has 3 atom stereocenters. The van der Waals surface area contributed by atoms with Crippen LogP contribution in [0.1, 0.15) is 90.9 Å². The number of aliphatic hydroxyl groups is 2. The zero-order valence-corrected chi connectivity index (χ0v) is 32.9. The molecule has 7 rings (SSSR count). The van der Waals surface area contributed by atoms with E-state index in [9.17, 15) is 15.5 Å². The van der Waals surface area contributed by atoms with Gasteiger partial charge in [0, 0.05) is 49.4 Å². The number of nitriles is 1. The van der Waals surface area contributed by atoms with E-state index in [4.69, 9.17) is 32.4 Å². The third-order valence-electron chi connectivity index (χ3n) is 11.5. The molecule has 0 bridgehead atoms. The summed E-state index contributed by atoms with van der Waals surface area (Å²) in [6.07, 6.45) is 7.30. The number of hydrogen-bond acceptors (Lipinski definition) is 8. The van der Waals surface area contributed by atoms with Crippen molar-refractivity contribution >= 4 is 17.3 Å². The van der Waals surface area contributed by atoms with Crippen LogP contribution in [0.5, 0.6) is 17.2 Å². The predicted molar refractivity (Wildman–Crippen MR) is 218 cm³/mol. The van der Waals surface area contributed by atoms with Crippen molar-refractivity contribution in [3.63, 3.8) is 0 Å². The van der Waals surface area contributed by atoms with Crippen molar-refractivity contribution in [3.8, 4) is 34.4 Å². The number of halogens is 1. The van der Waals surface area contributed by atoms with Crippen molar-refractivity contribution in [2.24, 2.45) is 0 Å². The Morgan fingerprint density at radius 2 is 1.73 bits per heavy atom. The van der Waals surface area contributed by atoms with Gasteiger partial charge in [-0.1, -0.05) is 54.8 Å². The lowest BCUT2D eigenvalue weighted by molar-refractivity contribution is 0.0800. The van der Waals surface area contributed by atoms with Crippen LogP contribution in [0, 0.1) is 24.8 Å². The topological polar surface area (TPSA) is 112 Å². The van der Waals surface area contributed by atoms with Crippen molar-refractivity contribution in [3.05, 3.63) is 117 Å². The Morgan fingerprint density at radius 1 is 0.929 bits per heavy atom. The van der Waals surface area contributed by atoms with Gasteiger partial charge in [0.2, 0.25) is 0 Å². The molecule has 0 unspecified atom stereocenters. The molecule has 2 fully saturated rings. The number of nitrogens with zero attached hydrogens (tertiary/aromatic N) is 3. The standard InChI is InChI=1S/C46H51ClN4O5/c1-30-36(8-6-13-43(30)54-21-7-18-51-19-16-35(52)17-20-51)37-9-5-10-39-38(37)14-15-44(39)56-46-26-45(55-29-32-22-31(27-48)23-34(24-32)49-2)33(25-40(46)47)28-50-41-11-3-4-12-42(41)53/h5-6,8-10,13,22-26,35,41-42,44,50,52-53H,3-4,7,11-12,14-21,28-29H2,1H3/t41-,42+,44+/m1/s1. The first-order valence-electron chi connectivity index (χ1n) is 20.0. The first-order valence-corrected chi connectivity index (χ1v) is 20.4. The van der Waals surface area contributed by atoms with Gasteiger partial charge in [0.1, 0.15) is 30.0 Å². The number of hydrogen-bond donors (Lipinski definition) is 3. The summed E-state index contributed by atoms with van der Waals surface area (Å²) in [6.45, 7) is 13.7. The number of benzene rings is 4. The molecule has 0 spiro atoms. The van der Waals surface area contributed by atoms with E-state index in [2.05, 4.69) is 58.4 Å². The van der Waals surface area contributed by atoms with E-state index in [1.54, 1.807) is 18.2 Å². The molecule has 1 saturated heterocycles. The van der Waals surface area contributed by atoms with Crippen molar-refractivity contribution in [2.75, 3.05) is 26.2 Å². The molecule has 9 nitrogen and oxygen atoms in total. The van der Waals surface area contributed by atoms with E-state index >= 15 is 0 Å². The van der Waals surface area contributed by atoms with Crippen molar-refractivity contribution in [2.45, 2.75) is 102 Å². The molecule has 56 heavy (non-hydrogen) atoms. The minimum atomic E-state index is -0.398. The number of ether oxygens (including phenoxy) is 3. The third kappa shape index (κ3) is 9.49. The maximum Gasteiger partial charge on any atom is 0.188 e. The lowest BCUT2D eigenvalue weighted by Crippen LogP contribution is -2.41. The Kier molecular flexibility index (Phi) is 13.1. The van der Waals surface area contributed by atoms with Crippen LogP contribution >= 0.6 is 11.6 Å². The van der Waals surface area contributed by atoms with Gasteiger partial charge in [-0.25, -0.2) is 4.85 Å². The largest absolute Gasteiger partial charge is 0.493 e. The Balaban J connectivity index is 1.08. The number of rotatable bonds is 14. The van der Waals surface area contributed by atoms with Gasteiger partial charge in [-0.05, 0) is 116 Å². The molecular formula is C46H51ClN4O5. The van der Waals surface area contributed by atoms with Crippen molar-refractivity contribution in [1.29, 1.82) is 5.26 Å². The van der Waals surface area contributed by atoms with Gasteiger partial charge in [-0.3, -0.25) is 0 Å². The fraction of sp³-hybridized carbons (Fsp3) is 0.435. The minimum absolute atomic E-state index is 0.0130. The number of aliphatic hydroxyl groups excluding tert-OH is 2. The zero-order valence-electron chi connectivity index (χ0n) is 32.1. The minimum Gasteiger partial charge on any atom is -0.493 e. The van der Waals surface area contributed by atoms with Gasteiger partial charge in [0.15, 0.2) is 5.69 Å². The molecule has 1 aliphatic heterocycles. The molecule has 292 valence electrons. The number of likely N-dealkylation sites (tertiary alicyclic amines) is 1. The van der Waals surface area contributed by atoms with Crippen molar-refractivity contribution < 1.29 is 24.4 Å². The van der Waals surface area contributed by atoms with Crippen LogP contribution < -0.4 is 19.5 Å². The van der Waals surface area contributed by atoms with Crippen LogP contribution in [0.15, 0.2) is 66.7 Å². The zero-order chi connectivity index (χ0) is 39.0. The second-order valence-electron chi connectivity index (χ2n) is 15.4. The van der Waals surface area contributed by atoms with E-state index in [1.807, 2.05) is 18.2 Å². The van der Waals surface area contributed by atoms with Gasteiger partial charge >= 0.3 is 0 Å². The number of nitrogens with one attached hydrogen (secondary N) is 1. The molecule has 0 aromatic heterocycles.